The number of nitrogens with zero attached hydrogens (tertiary/aromatic N) is 1. The lowest BCUT2D eigenvalue weighted by Crippen LogP contribution is -2.40. The first-order valence-electron chi connectivity index (χ1n) is 7.49. The van der Waals surface area contributed by atoms with E-state index in [0.29, 0.717) is 23.1 Å². The van der Waals surface area contributed by atoms with E-state index in [2.05, 4.69) is 29.8 Å². The Hall–Kier alpha value is -0.723. The Balaban J connectivity index is 2.15. The molecule has 1 aliphatic heterocycles. The molecule has 1 aliphatic rings. The zero-order valence-corrected chi connectivity index (χ0v) is 16.1. The molecule has 0 spiro atoms. The van der Waals surface area contributed by atoms with Crippen LogP contribution in [-0.4, -0.2) is 25.6 Å². The summed E-state index contributed by atoms with van der Waals surface area (Å²) in [7, 11) is -2.30. The number of hydrogen-bond donors (Lipinski definition) is 1. The third kappa shape index (κ3) is 3.60. The highest BCUT2D eigenvalue weighted by molar-refractivity contribution is 9.10. The Morgan fingerprint density at radius 3 is 2.64 bits per heavy atom. The van der Waals surface area contributed by atoms with Gasteiger partial charge in [0.25, 0.3) is 0 Å². The Kier molecular flexibility index (Phi) is 4.85. The van der Waals surface area contributed by atoms with Gasteiger partial charge in [-0.2, -0.15) is 0 Å². The van der Waals surface area contributed by atoms with Gasteiger partial charge in [0.1, 0.15) is 5.82 Å². The third-order valence-corrected chi connectivity index (χ3v) is 8.87. The van der Waals surface area contributed by atoms with Crippen molar-refractivity contribution in [2.24, 2.45) is 5.92 Å². The van der Waals surface area contributed by atoms with Gasteiger partial charge in [0.15, 0.2) is 8.32 Å². The molecule has 1 N–H and O–H groups in total. The van der Waals surface area contributed by atoms with Crippen molar-refractivity contribution >= 4 is 35.8 Å². The van der Waals surface area contributed by atoms with Gasteiger partial charge in [-0.3, -0.25) is 4.79 Å². The van der Waals surface area contributed by atoms with Gasteiger partial charge in [-0.25, -0.2) is 4.39 Å². The lowest BCUT2D eigenvalue weighted by molar-refractivity contribution is -0.117. The summed E-state index contributed by atoms with van der Waals surface area (Å²) in [5.41, 5.74) is 0.342. The van der Waals surface area contributed by atoms with Gasteiger partial charge in [0, 0.05) is 17.4 Å². The first kappa shape index (κ1) is 17.6. The summed E-state index contributed by atoms with van der Waals surface area (Å²) in [5.74, 6) is -0.275. The molecule has 0 bridgehead atoms. The van der Waals surface area contributed by atoms with Crippen molar-refractivity contribution in [2.45, 2.75) is 44.8 Å². The van der Waals surface area contributed by atoms with Crippen LogP contribution in [0.5, 0.6) is 0 Å². The van der Waals surface area contributed by atoms with Gasteiger partial charge >= 0.3 is 0 Å². The van der Waals surface area contributed by atoms with Crippen molar-refractivity contribution in [1.82, 2.24) is 0 Å². The second-order valence-corrected chi connectivity index (χ2v) is 12.7. The molecule has 0 aliphatic carbocycles. The number of carbonyl (C=O) groups is 1. The van der Waals surface area contributed by atoms with Crippen LogP contribution in [0.2, 0.25) is 18.1 Å². The molecule has 1 aromatic carbocycles. The van der Waals surface area contributed by atoms with E-state index in [4.69, 9.17) is 0 Å². The van der Waals surface area contributed by atoms with Gasteiger partial charge in [0.2, 0.25) is 5.91 Å². The van der Waals surface area contributed by atoms with Crippen molar-refractivity contribution in [3.8, 4) is 0 Å². The second kappa shape index (κ2) is 6.05. The highest BCUT2D eigenvalue weighted by atomic mass is 79.9. The molecule has 1 aromatic rings. The van der Waals surface area contributed by atoms with Crippen LogP contribution in [0.25, 0.3) is 0 Å². The van der Waals surface area contributed by atoms with Crippen molar-refractivity contribution in [3.05, 3.63) is 28.5 Å². The molecule has 6 heteroatoms. The highest BCUT2D eigenvalue weighted by Crippen LogP contribution is 2.44. The first-order chi connectivity index (χ1) is 10.0. The van der Waals surface area contributed by atoms with Crippen LogP contribution in [0.15, 0.2) is 22.7 Å². The summed E-state index contributed by atoms with van der Waals surface area (Å²) in [4.78, 5) is 24.2. The van der Waals surface area contributed by atoms with Gasteiger partial charge in [-0.05, 0) is 48.7 Å². The molecule has 1 fully saturated rings. The molecular formula is C16H23BrFNO2Si. The summed E-state index contributed by atoms with van der Waals surface area (Å²) in [6.45, 7) is 8.50. The number of benzene rings is 1. The number of halogens is 2. The summed E-state index contributed by atoms with van der Waals surface area (Å²) in [6.07, 6.45) is 1.20. The SMILES string of the molecule is CC(C)(C[C@@H]1CC(=O)N(c2ccc(Br)cc2F)C1)[Si](C)(C)O. The molecule has 2 rings (SSSR count). The lowest BCUT2D eigenvalue weighted by atomic mass is 9.95. The molecule has 1 heterocycles. The summed E-state index contributed by atoms with van der Waals surface area (Å²) < 4.78 is 14.7. The maximum absolute atomic E-state index is 14.1. The summed E-state index contributed by atoms with van der Waals surface area (Å²) in [5, 5.41) is -0.174. The number of amides is 1. The van der Waals surface area contributed by atoms with Crippen LogP contribution < -0.4 is 4.90 Å². The molecule has 0 aromatic heterocycles. The molecule has 0 radical (unpaired) electrons. The van der Waals surface area contributed by atoms with Crippen LogP contribution in [0, 0.1) is 11.7 Å². The Bertz CT molecular complexity index is 586. The molecule has 1 amide bonds. The largest absolute Gasteiger partial charge is 0.432 e. The molecular weight excluding hydrogens is 365 g/mol. The molecule has 22 heavy (non-hydrogen) atoms. The van der Waals surface area contributed by atoms with E-state index in [9.17, 15) is 14.0 Å². The first-order valence-corrected chi connectivity index (χ1v) is 11.2. The minimum atomic E-state index is -2.30. The van der Waals surface area contributed by atoms with Crippen molar-refractivity contribution in [2.75, 3.05) is 11.4 Å². The zero-order valence-electron chi connectivity index (χ0n) is 13.5. The third-order valence-electron chi connectivity index (χ3n) is 4.86. The van der Waals surface area contributed by atoms with Crippen LogP contribution in [0.1, 0.15) is 26.7 Å². The van der Waals surface area contributed by atoms with E-state index in [-0.39, 0.29) is 22.7 Å². The monoisotopic (exact) mass is 387 g/mol. The Morgan fingerprint density at radius 2 is 2.09 bits per heavy atom. The smallest absolute Gasteiger partial charge is 0.227 e. The topological polar surface area (TPSA) is 40.5 Å². The summed E-state index contributed by atoms with van der Waals surface area (Å²) >= 11 is 3.23. The van der Waals surface area contributed by atoms with Crippen molar-refractivity contribution in [3.63, 3.8) is 0 Å². The fourth-order valence-electron chi connectivity index (χ4n) is 2.82. The van der Waals surface area contributed by atoms with Crippen LogP contribution in [0.4, 0.5) is 10.1 Å². The van der Waals surface area contributed by atoms with E-state index in [1.54, 1.807) is 12.1 Å². The maximum Gasteiger partial charge on any atom is 0.227 e. The summed E-state index contributed by atoms with van der Waals surface area (Å²) in [6, 6.07) is 4.76. The molecule has 3 nitrogen and oxygen atoms in total. The van der Waals surface area contributed by atoms with E-state index in [0.717, 1.165) is 6.42 Å². The maximum atomic E-state index is 14.1. The van der Waals surface area contributed by atoms with Crippen molar-refractivity contribution in [1.29, 1.82) is 0 Å². The van der Waals surface area contributed by atoms with Gasteiger partial charge in [0.05, 0.1) is 5.69 Å². The van der Waals surface area contributed by atoms with Gasteiger partial charge in [-0.1, -0.05) is 29.8 Å². The number of anilines is 1. The van der Waals surface area contributed by atoms with Gasteiger partial charge < -0.3 is 9.70 Å². The fraction of sp³-hybridized carbons (Fsp3) is 0.562. The molecule has 1 saturated heterocycles. The van der Waals surface area contributed by atoms with Crippen molar-refractivity contribution < 1.29 is 14.0 Å². The van der Waals surface area contributed by atoms with E-state index in [1.807, 2.05) is 13.1 Å². The molecule has 122 valence electrons. The molecule has 0 unspecified atom stereocenters. The van der Waals surface area contributed by atoms with Crippen LogP contribution >= 0.6 is 15.9 Å². The van der Waals surface area contributed by atoms with E-state index in [1.165, 1.54) is 11.0 Å². The Labute approximate surface area is 140 Å². The fourth-order valence-corrected chi connectivity index (χ4v) is 3.94. The average Bonchev–Trinajstić information content (AvgIpc) is 2.67. The zero-order chi connectivity index (χ0) is 16.7. The van der Waals surface area contributed by atoms with E-state index < -0.39 is 8.32 Å². The lowest BCUT2D eigenvalue weighted by Gasteiger charge is -2.36. The number of hydrogen-bond acceptors (Lipinski definition) is 2. The van der Waals surface area contributed by atoms with Crippen LogP contribution in [0.3, 0.4) is 0 Å². The van der Waals surface area contributed by atoms with E-state index >= 15 is 0 Å². The normalized spacial score (nSPS) is 19.9. The second-order valence-electron chi connectivity index (χ2n) is 7.32. The number of rotatable bonds is 4. The number of carbonyl (C=O) groups excluding carboxylic acids is 1. The Morgan fingerprint density at radius 1 is 1.45 bits per heavy atom. The highest BCUT2D eigenvalue weighted by Gasteiger charge is 2.42. The molecule has 1 atom stereocenters. The van der Waals surface area contributed by atoms with Gasteiger partial charge in [-0.15, -0.1) is 0 Å². The predicted octanol–water partition coefficient (Wildman–Crippen LogP) is 4.31. The predicted molar refractivity (Wildman–Crippen MR) is 92.9 cm³/mol. The van der Waals surface area contributed by atoms with Crippen LogP contribution in [-0.2, 0) is 4.79 Å². The minimum absolute atomic E-state index is 0.0422. The molecule has 0 saturated carbocycles. The minimum Gasteiger partial charge on any atom is -0.432 e. The standard InChI is InChI=1S/C16H23BrFNO2Si/c1-16(2,22(3,4)21)9-11-7-15(20)19(10-11)14-6-5-12(17)8-13(14)18/h5-6,8,11,21H,7,9-10H2,1-4H3/t11-/m0/s1. The quantitative estimate of drug-likeness (QED) is 0.781. The average molecular weight is 388 g/mol.